The molecule has 1 amide bonds. The first-order valence-corrected chi connectivity index (χ1v) is 9.52. The Morgan fingerprint density at radius 2 is 1.84 bits per heavy atom. The monoisotopic (exact) mass is 432 g/mol. The van der Waals surface area contributed by atoms with Gasteiger partial charge in [-0.1, -0.05) is 0 Å². The fourth-order valence-corrected chi connectivity index (χ4v) is 3.41. The summed E-state index contributed by atoms with van der Waals surface area (Å²) >= 11 is 0. The van der Waals surface area contributed by atoms with E-state index < -0.39 is 17.6 Å². The molecule has 31 heavy (non-hydrogen) atoms. The summed E-state index contributed by atoms with van der Waals surface area (Å²) in [5.74, 6) is -0.514. The fourth-order valence-electron chi connectivity index (χ4n) is 3.41. The fraction of sp³-hybridized carbons (Fsp3) is 0.300. The molecular formula is C20H19F3N6O2. The van der Waals surface area contributed by atoms with E-state index >= 15 is 0 Å². The van der Waals surface area contributed by atoms with E-state index in [4.69, 9.17) is 4.74 Å². The van der Waals surface area contributed by atoms with Crippen LogP contribution in [0.2, 0.25) is 0 Å². The van der Waals surface area contributed by atoms with Crippen molar-refractivity contribution >= 4 is 17.3 Å². The second kappa shape index (κ2) is 8.34. The lowest BCUT2D eigenvalue weighted by atomic mass is 10.1. The number of aromatic nitrogens is 4. The van der Waals surface area contributed by atoms with Crippen molar-refractivity contribution in [1.82, 2.24) is 20.2 Å². The third kappa shape index (κ3) is 4.50. The summed E-state index contributed by atoms with van der Waals surface area (Å²) in [6.07, 6.45) is -3.09. The lowest BCUT2D eigenvalue weighted by Gasteiger charge is -2.31. The maximum atomic E-state index is 13.3. The molecule has 1 aliphatic rings. The molecule has 1 saturated heterocycles. The molecule has 1 fully saturated rings. The van der Waals surface area contributed by atoms with E-state index in [1.807, 2.05) is 4.90 Å². The molecule has 0 aliphatic carbocycles. The molecule has 162 valence electrons. The molecule has 0 saturated carbocycles. The van der Waals surface area contributed by atoms with Gasteiger partial charge in [0.25, 0.3) is 5.91 Å². The minimum absolute atomic E-state index is 0.101. The van der Waals surface area contributed by atoms with Crippen molar-refractivity contribution in [2.24, 2.45) is 0 Å². The van der Waals surface area contributed by atoms with E-state index in [0.717, 1.165) is 17.7 Å². The molecule has 11 heteroatoms. The second-order valence-electron chi connectivity index (χ2n) is 7.04. The average Bonchev–Trinajstić information content (AvgIpc) is 3.28. The minimum atomic E-state index is -4.52. The molecule has 1 N–H and O–H groups in total. The molecule has 3 aromatic rings. The first-order chi connectivity index (χ1) is 14.8. The number of amides is 1. The van der Waals surface area contributed by atoms with Gasteiger partial charge in [-0.15, -0.1) is 5.10 Å². The van der Waals surface area contributed by atoms with Crippen LogP contribution in [0.4, 0.5) is 24.5 Å². The third-order valence-corrected chi connectivity index (χ3v) is 4.98. The van der Waals surface area contributed by atoms with E-state index in [1.165, 1.54) is 17.1 Å². The molecule has 1 aromatic heterocycles. The van der Waals surface area contributed by atoms with Gasteiger partial charge in [0.2, 0.25) is 0 Å². The Morgan fingerprint density at radius 1 is 1.10 bits per heavy atom. The number of carbonyl (C=O) groups excluding carboxylic acids is 1. The van der Waals surface area contributed by atoms with Crippen molar-refractivity contribution in [2.45, 2.75) is 13.1 Å². The van der Waals surface area contributed by atoms with Crippen molar-refractivity contribution in [3.63, 3.8) is 0 Å². The number of alkyl halides is 3. The van der Waals surface area contributed by atoms with Crippen molar-refractivity contribution in [2.75, 3.05) is 36.5 Å². The number of nitrogens with one attached hydrogen (secondary N) is 1. The molecule has 1 aliphatic heterocycles. The number of nitrogens with zero attached hydrogens (tertiary/aromatic N) is 5. The summed E-state index contributed by atoms with van der Waals surface area (Å²) in [5.41, 5.74) is 1.52. The number of rotatable bonds is 4. The van der Waals surface area contributed by atoms with Crippen LogP contribution in [0.15, 0.2) is 42.7 Å². The molecule has 0 spiro atoms. The Labute approximate surface area is 175 Å². The minimum Gasteiger partial charge on any atom is -0.378 e. The Bertz CT molecular complexity index is 1080. The van der Waals surface area contributed by atoms with Crippen LogP contribution < -0.4 is 10.2 Å². The van der Waals surface area contributed by atoms with Gasteiger partial charge < -0.3 is 15.0 Å². The number of morpholine rings is 1. The quantitative estimate of drug-likeness (QED) is 0.682. The summed E-state index contributed by atoms with van der Waals surface area (Å²) in [4.78, 5) is 14.8. The van der Waals surface area contributed by atoms with Crippen molar-refractivity contribution in [3.05, 3.63) is 59.4 Å². The van der Waals surface area contributed by atoms with Gasteiger partial charge in [-0.3, -0.25) is 4.79 Å². The Hall–Kier alpha value is -3.47. The standard InChI is InChI=1S/C20H19F3N6O2/c1-13-10-14(2-4-17(13)29-12-24-26-27-29)19(30)25-16-11-15(20(21,22)23)3-5-18(16)28-6-8-31-9-7-28/h2-5,10-12H,6-9H2,1H3,(H,25,30). The molecule has 2 aromatic carbocycles. The summed E-state index contributed by atoms with van der Waals surface area (Å²) in [5, 5.41) is 13.6. The summed E-state index contributed by atoms with van der Waals surface area (Å²) in [7, 11) is 0. The zero-order valence-corrected chi connectivity index (χ0v) is 16.6. The van der Waals surface area contributed by atoms with Crippen LogP contribution in [0.3, 0.4) is 0 Å². The SMILES string of the molecule is Cc1cc(C(=O)Nc2cc(C(F)(F)F)ccc2N2CCOCC2)ccc1-n1cnnn1. The van der Waals surface area contributed by atoms with Crippen LogP contribution in [-0.4, -0.2) is 52.4 Å². The molecule has 2 heterocycles. The highest BCUT2D eigenvalue weighted by atomic mass is 19.4. The van der Waals surface area contributed by atoms with Gasteiger partial charge in [0.05, 0.1) is 35.8 Å². The van der Waals surface area contributed by atoms with Gasteiger partial charge in [0, 0.05) is 18.7 Å². The molecule has 0 bridgehead atoms. The molecular weight excluding hydrogens is 413 g/mol. The first kappa shape index (κ1) is 20.8. The Morgan fingerprint density at radius 3 is 2.48 bits per heavy atom. The third-order valence-electron chi connectivity index (χ3n) is 4.98. The summed E-state index contributed by atoms with van der Waals surface area (Å²) < 4.78 is 46.6. The highest BCUT2D eigenvalue weighted by molar-refractivity contribution is 6.06. The predicted molar refractivity (Wildman–Crippen MR) is 106 cm³/mol. The lowest BCUT2D eigenvalue weighted by Crippen LogP contribution is -2.36. The normalized spacial score (nSPS) is 14.5. The van der Waals surface area contributed by atoms with E-state index in [0.29, 0.717) is 43.2 Å². The van der Waals surface area contributed by atoms with Crippen molar-refractivity contribution < 1.29 is 22.7 Å². The van der Waals surface area contributed by atoms with Gasteiger partial charge in [0.15, 0.2) is 0 Å². The first-order valence-electron chi connectivity index (χ1n) is 9.52. The number of ether oxygens (including phenoxy) is 1. The number of tetrazole rings is 1. The molecule has 0 radical (unpaired) electrons. The van der Waals surface area contributed by atoms with Crippen LogP contribution in [0.1, 0.15) is 21.5 Å². The van der Waals surface area contributed by atoms with Gasteiger partial charge in [0.1, 0.15) is 6.33 Å². The summed E-state index contributed by atoms with van der Waals surface area (Å²) in [6, 6.07) is 8.25. The molecule has 0 unspecified atom stereocenters. The largest absolute Gasteiger partial charge is 0.416 e. The Kier molecular flexibility index (Phi) is 5.59. The maximum Gasteiger partial charge on any atom is 0.416 e. The van der Waals surface area contributed by atoms with Crippen LogP contribution in [0, 0.1) is 6.92 Å². The number of anilines is 2. The van der Waals surface area contributed by atoms with E-state index in [2.05, 4.69) is 20.8 Å². The predicted octanol–water partition coefficient (Wildman–Crippen LogP) is 3.08. The average molecular weight is 432 g/mol. The van der Waals surface area contributed by atoms with E-state index in [1.54, 1.807) is 25.1 Å². The number of benzene rings is 2. The second-order valence-corrected chi connectivity index (χ2v) is 7.04. The highest BCUT2D eigenvalue weighted by Crippen LogP contribution is 2.36. The number of aryl methyl sites for hydroxylation is 1. The maximum absolute atomic E-state index is 13.3. The number of carbonyl (C=O) groups is 1. The van der Waals surface area contributed by atoms with Crippen LogP contribution >= 0.6 is 0 Å². The number of hydrogen-bond donors (Lipinski definition) is 1. The van der Waals surface area contributed by atoms with Crippen molar-refractivity contribution in [1.29, 1.82) is 0 Å². The van der Waals surface area contributed by atoms with Crippen molar-refractivity contribution in [3.8, 4) is 5.69 Å². The number of halogens is 3. The zero-order valence-electron chi connectivity index (χ0n) is 16.6. The van der Waals surface area contributed by atoms with E-state index in [9.17, 15) is 18.0 Å². The van der Waals surface area contributed by atoms with Crippen LogP contribution in [-0.2, 0) is 10.9 Å². The van der Waals surface area contributed by atoms with E-state index in [-0.39, 0.29) is 5.69 Å². The smallest absolute Gasteiger partial charge is 0.378 e. The van der Waals surface area contributed by atoms with Crippen LogP contribution in [0.25, 0.3) is 5.69 Å². The van der Waals surface area contributed by atoms with Gasteiger partial charge in [-0.2, -0.15) is 13.2 Å². The van der Waals surface area contributed by atoms with Gasteiger partial charge in [-0.25, -0.2) is 4.68 Å². The van der Waals surface area contributed by atoms with Gasteiger partial charge >= 0.3 is 6.18 Å². The molecule has 0 atom stereocenters. The lowest BCUT2D eigenvalue weighted by molar-refractivity contribution is -0.137. The van der Waals surface area contributed by atoms with Gasteiger partial charge in [-0.05, 0) is 59.3 Å². The number of hydrogen-bond acceptors (Lipinski definition) is 6. The highest BCUT2D eigenvalue weighted by Gasteiger charge is 2.32. The Balaban J connectivity index is 1.64. The molecule has 8 nitrogen and oxygen atoms in total. The van der Waals surface area contributed by atoms with Crippen LogP contribution in [0.5, 0.6) is 0 Å². The topological polar surface area (TPSA) is 85.2 Å². The molecule has 4 rings (SSSR count). The summed E-state index contributed by atoms with van der Waals surface area (Å²) in [6.45, 7) is 3.76. The zero-order chi connectivity index (χ0) is 22.0.